The Morgan fingerprint density at radius 3 is 2.35 bits per heavy atom. The van der Waals surface area contributed by atoms with Gasteiger partial charge in [0.2, 0.25) is 5.43 Å². The summed E-state index contributed by atoms with van der Waals surface area (Å²) in [6.45, 7) is 18.8. The number of likely N-dealkylation sites (N-methyl/N-ethyl adjacent to an activating group) is 1. The van der Waals surface area contributed by atoms with E-state index in [4.69, 9.17) is 52.4 Å². The Morgan fingerprint density at radius 1 is 0.962 bits per heavy atom. The number of cyclic esters (lactones) is 1. The van der Waals surface area contributed by atoms with Gasteiger partial charge in [0, 0.05) is 67.2 Å². The number of carbonyl (C=O) groups excluding carboxylic acids is 4. The van der Waals surface area contributed by atoms with Crippen LogP contribution in [0.5, 0.6) is 0 Å². The monoisotopic (exact) mass is 1110 g/mol. The molecule has 7 heterocycles. The van der Waals surface area contributed by atoms with Gasteiger partial charge in [-0.05, 0) is 106 Å². The summed E-state index contributed by atoms with van der Waals surface area (Å²) in [5.74, 6) is -5.98. The fraction of sp³-hybridized carbons (Fsp3) is 0.754. The Balaban J connectivity index is 0.901. The minimum atomic E-state index is -1.37. The third kappa shape index (κ3) is 11.0. The maximum Gasteiger partial charge on any atom is 0.341 e. The molecule has 6 aliphatic heterocycles. The fourth-order valence-corrected chi connectivity index (χ4v) is 13.4. The van der Waals surface area contributed by atoms with Gasteiger partial charge < -0.3 is 67.8 Å². The van der Waals surface area contributed by atoms with Gasteiger partial charge >= 0.3 is 17.9 Å². The molecule has 0 radical (unpaired) electrons. The van der Waals surface area contributed by atoms with Gasteiger partial charge in [-0.3, -0.25) is 24.0 Å². The molecule has 1 saturated carbocycles. The number of hydrogen-bond donors (Lipinski definition) is 3. The number of amides is 1. The van der Waals surface area contributed by atoms with Crippen LogP contribution in [0.4, 0.5) is 5.69 Å². The zero-order valence-corrected chi connectivity index (χ0v) is 47.9. The maximum atomic E-state index is 14.8. The minimum Gasteiger partial charge on any atom is -0.477 e. The smallest absolute Gasteiger partial charge is 0.341 e. The molecule has 19 atom stereocenters. The summed E-state index contributed by atoms with van der Waals surface area (Å²) in [5.41, 5.74) is -4.61. The van der Waals surface area contributed by atoms with Crippen molar-refractivity contribution in [2.24, 2.45) is 23.7 Å². The molecule has 0 unspecified atom stereocenters. The number of hydrogen-bond acceptors (Lipinski definition) is 19. The standard InChI is InChI=1S/C57H82N4O18/c1-14-40-56(10)57(78-56)47(59-53(57)68)30(4)43(63)28(2)25-55(9)48(76-52-46(77-79-55)39(60(11)12)23-29(3)71-52)31(5)45(32(6)51(67)73-40)75-42-26-54(8,69-13)49(33(7)72-42)74-41(62)19-21-70-22-20-58-34-15-18-38-36(24-34)44(64)37(50(65)66)27-61(38)35-16-17-35/h15,18,24,27-33,35,39-40,42,45-49,52,58H,14,16-17,19-23,25-26H2,1-13H3,(H,59,68)(H,65,66)/t28-,29+,30-,31+,32+,33-,39-,40-,42+,45+,46-,47+,48-,49+,52-,54+,55-,56-,57-/m0/s1. The first kappa shape index (κ1) is 59.0. The Hall–Kier alpha value is -4.62. The van der Waals surface area contributed by atoms with E-state index in [1.165, 1.54) is 13.3 Å². The first-order valence-corrected chi connectivity index (χ1v) is 28.2. The van der Waals surface area contributed by atoms with Crippen molar-refractivity contribution in [1.82, 2.24) is 14.8 Å². The third-order valence-electron chi connectivity index (χ3n) is 18.1. The molecule has 22 heteroatoms. The number of epoxide rings is 1. The second kappa shape index (κ2) is 22.6. The molecule has 0 bridgehead atoms. The molecule has 1 spiro atoms. The molecule has 7 fully saturated rings. The van der Waals surface area contributed by atoms with Gasteiger partial charge in [0.25, 0.3) is 5.91 Å². The summed E-state index contributed by atoms with van der Waals surface area (Å²) in [4.78, 5) is 96.4. The lowest BCUT2D eigenvalue weighted by atomic mass is 9.69. The van der Waals surface area contributed by atoms with Gasteiger partial charge in [-0.25, -0.2) is 14.6 Å². The van der Waals surface area contributed by atoms with Gasteiger partial charge in [0.1, 0.15) is 34.3 Å². The number of carbonyl (C=O) groups is 5. The highest BCUT2D eigenvalue weighted by atomic mass is 17.2. The normalized spacial score (nSPS) is 40.7. The molecule has 1 aromatic carbocycles. The number of benzene rings is 1. The number of esters is 2. The quantitative estimate of drug-likeness (QED) is 0.0689. The van der Waals surface area contributed by atoms with Crippen molar-refractivity contribution >= 4 is 46.2 Å². The molecule has 6 saturated heterocycles. The Bertz CT molecular complexity index is 2700. The van der Waals surface area contributed by atoms with E-state index < -0.39 is 125 Å². The molecule has 79 heavy (non-hydrogen) atoms. The number of nitrogens with one attached hydrogen (secondary N) is 2. The van der Waals surface area contributed by atoms with Crippen LogP contribution in [0.1, 0.15) is 131 Å². The zero-order valence-electron chi connectivity index (χ0n) is 47.9. The van der Waals surface area contributed by atoms with E-state index in [0.717, 1.165) is 12.8 Å². The topological polar surface area (TPSA) is 260 Å². The molecule has 22 nitrogen and oxygen atoms in total. The van der Waals surface area contributed by atoms with Crippen LogP contribution in [-0.2, 0) is 71.6 Å². The number of Topliss-reactive ketones (excluding diaryl/α,β-unsaturated/α-hetero) is 1. The van der Waals surface area contributed by atoms with E-state index in [0.29, 0.717) is 36.0 Å². The highest BCUT2D eigenvalue weighted by molar-refractivity contribution is 6.00. The SMILES string of the molecule is CC[C@@H]1OC(=O)[C@H](C)[C@H](O[C@@H]2C[C@@](C)(OC)[C@H](OC(=O)CCOCCNc3ccc4c(c3)c(=O)c(C(=O)O)cn4C3CC3)[C@H](C)O2)[C@@H](C)[C@@H]2O[C@@H]3O[C@H](C)C[C@H](N(C)C)[C@@H]3OO[C@@]2(C)C[C@H](C)C(=O)[C@H](C)[C@H]2NC(=O)[C@@]23O[C@@]13C. The summed E-state index contributed by atoms with van der Waals surface area (Å²) in [5, 5.41) is 16.1. The predicted octanol–water partition coefficient (Wildman–Crippen LogP) is 5.09. The molecule has 1 aromatic heterocycles. The van der Waals surface area contributed by atoms with E-state index >= 15 is 0 Å². The molecule has 1 aliphatic carbocycles. The van der Waals surface area contributed by atoms with Crippen LogP contribution in [0.3, 0.4) is 0 Å². The van der Waals surface area contributed by atoms with E-state index in [1.54, 1.807) is 40.7 Å². The number of rotatable bonds is 15. The van der Waals surface area contributed by atoms with Gasteiger partial charge in [-0.15, -0.1) is 0 Å². The second-order valence-corrected chi connectivity index (χ2v) is 24.1. The molecular weight excluding hydrogens is 1030 g/mol. The summed E-state index contributed by atoms with van der Waals surface area (Å²) in [6, 6.07) is 4.63. The molecule has 2 aromatic rings. The van der Waals surface area contributed by atoms with Crippen LogP contribution in [0.25, 0.3) is 10.9 Å². The number of β-lactam (4-membered cyclic amide) rings is 1. The van der Waals surface area contributed by atoms with E-state index in [-0.39, 0.29) is 67.9 Å². The van der Waals surface area contributed by atoms with Crippen LogP contribution in [0.2, 0.25) is 0 Å². The van der Waals surface area contributed by atoms with Crippen molar-refractivity contribution in [1.29, 1.82) is 0 Å². The number of carboxylic acid groups (broad SMARTS) is 1. The molecule has 3 N–H and O–H groups in total. The molecule has 7 aliphatic rings. The number of ether oxygens (including phenoxy) is 9. The Kier molecular flexibility index (Phi) is 16.9. The maximum absolute atomic E-state index is 14.8. The predicted molar refractivity (Wildman–Crippen MR) is 283 cm³/mol. The lowest BCUT2D eigenvalue weighted by Gasteiger charge is -2.48. The average molecular weight is 1110 g/mol. The number of ketones is 1. The number of nitrogens with zero attached hydrogens (tertiary/aromatic N) is 2. The summed E-state index contributed by atoms with van der Waals surface area (Å²) < 4.78 is 59.8. The largest absolute Gasteiger partial charge is 0.477 e. The number of anilines is 1. The van der Waals surface area contributed by atoms with Crippen molar-refractivity contribution < 1.29 is 81.5 Å². The lowest BCUT2D eigenvalue weighted by Crippen LogP contribution is -2.72. The molecule has 438 valence electrons. The first-order chi connectivity index (χ1) is 37.3. The van der Waals surface area contributed by atoms with E-state index in [2.05, 4.69) is 10.6 Å². The van der Waals surface area contributed by atoms with Crippen molar-refractivity contribution in [2.45, 2.75) is 210 Å². The van der Waals surface area contributed by atoms with Crippen molar-refractivity contribution in [2.75, 3.05) is 46.3 Å². The van der Waals surface area contributed by atoms with E-state index in [9.17, 15) is 33.9 Å². The number of aromatic carboxylic acids is 1. The van der Waals surface area contributed by atoms with Gasteiger partial charge in [-0.2, -0.15) is 0 Å². The average Bonchev–Trinajstić information content (AvgIpc) is 3.86. The van der Waals surface area contributed by atoms with Crippen LogP contribution in [0.15, 0.2) is 29.2 Å². The second-order valence-electron chi connectivity index (χ2n) is 24.1. The molecule has 9 rings (SSSR count). The summed E-state index contributed by atoms with van der Waals surface area (Å²) >= 11 is 0. The molecular formula is C57H82N4O18. The third-order valence-corrected chi connectivity index (χ3v) is 18.1. The lowest BCUT2D eigenvalue weighted by molar-refractivity contribution is -0.400. The zero-order chi connectivity index (χ0) is 57.3. The minimum absolute atomic E-state index is 0.0421. The van der Waals surface area contributed by atoms with Crippen molar-refractivity contribution in [3.8, 4) is 0 Å². The van der Waals surface area contributed by atoms with Crippen LogP contribution >= 0.6 is 0 Å². The number of aromatic nitrogens is 1. The highest BCUT2D eigenvalue weighted by Crippen LogP contribution is 2.60. The summed E-state index contributed by atoms with van der Waals surface area (Å²) in [6.07, 6.45) is -3.05. The van der Waals surface area contributed by atoms with Crippen molar-refractivity contribution in [3.05, 3.63) is 40.2 Å². The molecule has 1 amide bonds. The van der Waals surface area contributed by atoms with Crippen LogP contribution in [0, 0.1) is 23.7 Å². The van der Waals surface area contributed by atoms with E-state index in [1.807, 2.05) is 70.3 Å². The summed E-state index contributed by atoms with van der Waals surface area (Å²) in [7, 11) is 5.42. The highest BCUT2D eigenvalue weighted by Gasteiger charge is 2.84. The number of carboxylic acids is 1. The Morgan fingerprint density at radius 2 is 1.70 bits per heavy atom. The number of pyridine rings is 1. The van der Waals surface area contributed by atoms with Gasteiger partial charge in [-0.1, -0.05) is 27.7 Å². The van der Waals surface area contributed by atoms with Crippen LogP contribution < -0.4 is 16.1 Å². The van der Waals surface area contributed by atoms with Crippen LogP contribution in [-0.4, -0.2) is 175 Å². The fourth-order valence-electron chi connectivity index (χ4n) is 13.4. The van der Waals surface area contributed by atoms with Gasteiger partial charge in [0.15, 0.2) is 30.4 Å². The number of methoxy groups -OCH3 is 1. The first-order valence-electron chi connectivity index (χ1n) is 28.2. The van der Waals surface area contributed by atoms with Crippen molar-refractivity contribution in [3.63, 3.8) is 0 Å². The van der Waals surface area contributed by atoms with Gasteiger partial charge in [0.05, 0.1) is 61.5 Å². The Labute approximate surface area is 461 Å². The number of fused-ring (bicyclic) bond motifs is 3.